The molecule has 8 heteroatoms. The summed E-state index contributed by atoms with van der Waals surface area (Å²) in [4.78, 5) is 0. The van der Waals surface area contributed by atoms with E-state index in [2.05, 4.69) is 41.9 Å². The number of aromatic nitrogens is 4. The molecule has 8 nitrogen and oxygen atoms in total. The van der Waals surface area contributed by atoms with Gasteiger partial charge in [0, 0.05) is 12.4 Å². The van der Waals surface area contributed by atoms with Crippen LogP contribution in [0.3, 0.4) is 0 Å². The van der Waals surface area contributed by atoms with E-state index >= 15 is 0 Å². The summed E-state index contributed by atoms with van der Waals surface area (Å²) in [6, 6.07) is 0. The Balaban J connectivity index is 0.000000120. The number of nitrogens with zero attached hydrogens (tertiary/aromatic N) is 2. The fraction of sp³-hybridized carbons (Fsp3) is 0. The Morgan fingerprint density at radius 3 is 1.42 bits per heavy atom. The molecule has 0 unspecified atom stereocenters. The van der Waals surface area contributed by atoms with E-state index in [1.807, 2.05) is 0 Å². The molecule has 0 radical (unpaired) electrons. The van der Waals surface area contributed by atoms with Gasteiger partial charge in [-0.15, -0.1) is 0 Å². The second-order valence-electron chi connectivity index (χ2n) is 1.65. The molecule has 1 aliphatic heterocycles. The van der Waals surface area contributed by atoms with E-state index < -0.39 is 0 Å². The molecule has 0 spiro atoms. The zero-order chi connectivity index (χ0) is 8.49. The maximum atomic E-state index is 3.54. The van der Waals surface area contributed by atoms with Crippen molar-refractivity contribution >= 4 is 12.4 Å². The van der Waals surface area contributed by atoms with E-state index in [1.54, 1.807) is 24.8 Å². The summed E-state index contributed by atoms with van der Waals surface area (Å²) in [6.45, 7) is 0. The molecule has 2 rings (SSSR count). The van der Waals surface area contributed by atoms with Crippen LogP contribution in [-0.2, 0) is 0 Å². The molecular formula is C4H10N8. The zero-order valence-electron chi connectivity index (χ0n) is 6.20. The Morgan fingerprint density at radius 1 is 0.750 bits per heavy atom. The summed E-state index contributed by atoms with van der Waals surface area (Å²) < 4.78 is 0. The molecule has 0 saturated heterocycles. The lowest BCUT2D eigenvalue weighted by Gasteiger charge is -1.96. The molecule has 66 valence electrons. The van der Waals surface area contributed by atoms with Crippen molar-refractivity contribution in [3.05, 3.63) is 12.4 Å². The highest BCUT2D eigenvalue weighted by Gasteiger charge is 1.71. The average Bonchev–Trinajstić information content (AvgIpc) is 2.24. The number of H-pyrrole nitrogens is 4. The first-order valence-electron chi connectivity index (χ1n) is 3.21. The molecule has 2 heterocycles. The van der Waals surface area contributed by atoms with E-state index in [0.29, 0.717) is 0 Å². The number of hydrazone groups is 2. The third kappa shape index (κ3) is 3.82. The van der Waals surface area contributed by atoms with Crippen LogP contribution in [0, 0.1) is 0 Å². The van der Waals surface area contributed by atoms with Gasteiger partial charge in [-0.1, -0.05) is 0 Å². The highest BCUT2D eigenvalue weighted by Crippen LogP contribution is 1.57. The minimum Gasteiger partial charge on any atom is -0.292 e. The number of rotatable bonds is 0. The van der Waals surface area contributed by atoms with E-state index in [9.17, 15) is 0 Å². The molecular weight excluding hydrogens is 160 g/mol. The lowest BCUT2D eigenvalue weighted by atomic mass is 10.8. The van der Waals surface area contributed by atoms with E-state index in [4.69, 9.17) is 0 Å². The van der Waals surface area contributed by atoms with E-state index in [0.717, 1.165) is 0 Å². The van der Waals surface area contributed by atoms with E-state index in [-0.39, 0.29) is 0 Å². The van der Waals surface area contributed by atoms with Crippen LogP contribution in [-0.4, -0.2) is 33.1 Å². The first-order valence-corrected chi connectivity index (χ1v) is 3.21. The van der Waals surface area contributed by atoms with Gasteiger partial charge < -0.3 is 0 Å². The van der Waals surface area contributed by atoms with Crippen LogP contribution in [0.15, 0.2) is 22.6 Å². The minimum atomic E-state index is 1.55. The first-order chi connectivity index (χ1) is 6.00. The Kier molecular flexibility index (Phi) is 3.76. The Bertz CT molecular complexity index is 204. The number of aromatic amines is 4. The van der Waals surface area contributed by atoms with Crippen LogP contribution in [0.1, 0.15) is 0 Å². The summed E-state index contributed by atoms with van der Waals surface area (Å²) in [6.07, 6.45) is 6.57. The largest absolute Gasteiger partial charge is 0.292 e. The third-order valence-electron chi connectivity index (χ3n) is 0.852. The van der Waals surface area contributed by atoms with Gasteiger partial charge in [0.2, 0.25) is 0 Å². The van der Waals surface area contributed by atoms with Crippen LogP contribution in [0.5, 0.6) is 0 Å². The second kappa shape index (κ2) is 5.65. The summed E-state index contributed by atoms with van der Waals surface area (Å²) in [5.41, 5.74) is 4.81. The topological polar surface area (TPSA) is 112 Å². The molecule has 0 fully saturated rings. The number of hydrazine groups is 1. The highest BCUT2D eigenvalue weighted by atomic mass is 15.7. The Labute approximate surface area is 67.7 Å². The van der Waals surface area contributed by atoms with Crippen LogP contribution >= 0.6 is 0 Å². The number of hydrogen-bond donors (Lipinski definition) is 6. The van der Waals surface area contributed by atoms with Crippen molar-refractivity contribution in [2.75, 3.05) is 0 Å². The lowest BCUT2D eigenvalue weighted by molar-refractivity contribution is 0.585. The van der Waals surface area contributed by atoms with E-state index in [1.165, 1.54) is 0 Å². The second-order valence-corrected chi connectivity index (χ2v) is 1.65. The molecule has 0 saturated carbocycles. The molecule has 0 aliphatic carbocycles. The maximum absolute atomic E-state index is 3.54. The lowest BCUT2D eigenvalue weighted by Crippen LogP contribution is -2.24. The van der Waals surface area contributed by atoms with Gasteiger partial charge in [-0.2, -0.15) is 10.2 Å². The summed E-state index contributed by atoms with van der Waals surface area (Å²) in [5.74, 6) is 0. The van der Waals surface area contributed by atoms with Crippen molar-refractivity contribution in [1.29, 1.82) is 0 Å². The molecule has 1 aromatic rings. The quantitative estimate of drug-likeness (QED) is 0.306. The van der Waals surface area contributed by atoms with Crippen molar-refractivity contribution in [1.82, 2.24) is 31.7 Å². The number of nitrogens with one attached hydrogen (secondary N) is 6. The Hall–Kier alpha value is -2.12. The monoisotopic (exact) mass is 170 g/mol. The van der Waals surface area contributed by atoms with Gasteiger partial charge in [-0.05, 0) is 0 Å². The van der Waals surface area contributed by atoms with Crippen molar-refractivity contribution in [3.8, 4) is 0 Å². The van der Waals surface area contributed by atoms with Crippen LogP contribution in [0.25, 0.3) is 0 Å². The van der Waals surface area contributed by atoms with Crippen LogP contribution in [0.4, 0.5) is 0 Å². The summed E-state index contributed by atoms with van der Waals surface area (Å²) in [5, 5.41) is 17.6. The summed E-state index contributed by atoms with van der Waals surface area (Å²) in [7, 11) is 0. The molecule has 0 atom stereocenters. The average molecular weight is 170 g/mol. The van der Waals surface area contributed by atoms with Crippen molar-refractivity contribution < 1.29 is 0 Å². The van der Waals surface area contributed by atoms with Gasteiger partial charge in [0.1, 0.15) is 0 Å². The normalized spacial score (nSPS) is 12.0. The van der Waals surface area contributed by atoms with Crippen LogP contribution in [0.2, 0.25) is 0 Å². The minimum absolute atomic E-state index is 1.55. The number of hydrogen-bond acceptors (Lipinski definition) is 4. The van der Waals surface area contributed by atoms with Gasteiger partial charge in [-0.3, -0.25) is 10.2 Å². The molecule has 0 bridgehead atoms. The maximum Gasteiger partial charge on any atom is 0.0690 e. The standard InChI is InChI=1S/C2H6N4.C2H4N4/c2*1-2-4-6-5-3-1/h1-6H;1-2,5-6H. The molecule has 0 amide bonds. The van der Waals surface area contributed by atoms with Crippen molar-refractivity contribution in [2.24, 2.45) is 10.2 Å². The first kappa shape index (κ1) is 7.98. The summed E-state index contributed by atoms with van der Waals surface area (Å²) >= 11 is 0. The van der Waals surface area contributed by atoms with Gasteiger partial charge >= 0.3 is 0 Å². The van der Waals surface area contributed by atoms with Gasteiger partial charge in [0.25, 0.3) is 0 Å². The molecule has 6 N–H and O–H groups in total. The zero-order valence-corrected chi connectivity index (χ0v) is 6.20. The van der Waals surface area contributed by atoms with Gasteiger partial charge in [0.15, 0.2) is 0 Å². The van der Waals surface area contributed by atoms with Crippen LogP contribution < -0.4 is 11.1 Å². The Morgan fingerprint density at radius 2 is 1.25 bits per heavy atom. The molecule has 0 aromatic carbocycles. The fourth-order valence-corrected chi connectivity index (χ4v) is 0.438. The molecule has 1 aromatic heterocycles. The van der Waals surface area contributed by atoms with Gasteiger partial charge in [0.05, 0.1) is 12.4 Å². The van der Waals surface area contributed by atoms with Crippen molar-refractivity contribution in [2.45, 2.75) is 0 Å². The SMILES string of the molecule is C1=NNNN=C1.c1c[nH][nH][nH][nH]1. The third-order valence-corrected chi connectivity index (χ3v) is 0.852. The highest BCUT2D eigenvalue weighted by molar-refractivity contribution is 6.16. The van der Waals surface area contributed by atoms with Crippen molar-refractivity contribution in [3.63, 3.8) is 0 Å². The predicted molar refractivity (Wildman–Crippen MR) is 44.7 cm³/mol. The molecule has 12 heavy (non-hydrogen) atoms. The molecule has 1 aliphatic rings. The van der Waals surface area contributed by atoms with Gasteiger partial charge in [-0.25, -0.2) is 21.5 Å². The fourth-order valence-electron chi connectivity index (χ4n) is 0.438. The smallest absolute Gasteiger partial charge is 0.0690 e. The predicted octanol–water partition coefficient (Wildman–Crippen LogP) is -0.811.